The van der Waals surface area contributed by atoms with Crippen molar-refractivity contribution in [2.24, 2.45) is 11.3 Å². The maximum Gasteiger partial charge on any atom is 0.419 e. The lowest BCUT2D eigenvalue weighted by atomic mass is 9.77. The Morgan fingerprint density at radius 1 is 1.16 bits per heavy atom. The van der Waals surface area contributed by atoms with Gasteiger partial charge in [0.15, 0.2) is 0 Å². The van der Waals surface area contributed by atoms with Gasteiger partial charge in [-0.05, 0) is 94.6 Å². The van der Waals surface area contributed by atoms with Gasteiger partial charge in [-0.2, -0.15) is 13.2 Å². The molecule has 2 N–H and O–H groups in total. The van der Waals surface area contributed by atoms with Crippen molar-refractivity contribution in [3.63, 3.8) is 0 Å². The van der Waals surface area contributed by atoms with Crippen LogP contribution in [0.25, 0.3) is 0 Å². The van der Waals surface area contributed by atoms with Gasteiger partial charge < -0.3 is 25.2 Å². The zero-order valence-electron chi connectivity index (χ0n) is 25.4. The van der Waals surface area contributed by atoms with Crippen LogP contribution >= 0.6 is 0 Å². The molecular formula is C32H41F3N6O3. The summed E-state index contributed by atoms with van der Waals surface area (Å²) in [5.74, 6) is 0.669. The van der Waals surface area contributed by atoms with E-state index in [9.17, 15) is 22.8 Å². The zero-order valence-corrected chi connectivity index (χ0v) is 25.4. The van der Waals surface area contributed by atoms with Gasteiger partial charge in [0.2, 0.25) is 11.9 Å². The van der Waals surface area contributed by atoms with Gasteiger partial charge in [0.25, 0.3) is 5.91 Å². The van der Waals surface area contributed by atoms with Gasteiger partial charge in [0, 0.05) is 36.8 Å². The molecule has 2 amide bonds. The third kappa shape index (κ3) is 6.23. The molecular weight excluding hydrogens is 573 g/mol. The third-order valence-corrected chi connectivity index (χ3v) is 10.2. The van der Waals surface area contributed by atoms with Crippen molar-refractivity contribution in [2.45, 2.75) is 82.5 Å². The highest BCUT2D eigenvalue weighted by Gasteiger charge is 2.61. The van der Waals surface area contributed by atoms with Crippen molar-refractivity contribution >= 4 is 23.5 Å². The number of methoxy groups -OCH3 is 1. The molecule has 2 saturated carbocycles. The fraction of sp³-hybridized carbons (Fsp3) is 0.625. The summed E-state index contributed by atoms with van der Waals surface area (Å²) in [5.41, 5.74) is 0.0377. The molecule has 0 bridgehead atoms. The first-order chi connectivity index (χ1) is 21.1. The summed E-state index contributed by atoms with van der Waals surface area (Å²) in [6.45, 7) is 2.65. The largest absolute Gasteiger partial charge is 0.495 e. The zero-order chi connectivity index (χ0) is 31.1. The number of aryl methyl sites for hydroxylation is 1. The number of amides is 2. The molecule has 44 heavy (non-hydrogen) atoms. The van der Waals surface area contributed by atoms with E-state index in [1.54, 1.807) is 18.2 Å². The van der Waals surface area contributed by atoms with E-state index in [1.165, 1.54) is 7.11 Å². The number of carbonyl (C=O) groups excluding carboxylic acids is 2. The average molecular weight is 615 g/mol. The van der Waals surface area contributed by atoms with E-state index >= 15 is 0 Å². The number of hydrogen-bond donors (Lipinski definition) is 2. The van der Waals surface area contributed by atoms with Gasteiger partial charge in [-0.25, -0.2) is 9.97 Å². The number of anilines is 2. The molecule has 1 aromatic heterocycles. The van der Waals surface area contributed by atoms with Gasteiger partial charge in [0.1, 0.15) is 5.75 Å². The highest BCUT2D eigenvalue weighted by atomic mass is 19.4. The summed E-state index contributed by atoms with van der Waals surface area (Å²) in [4.78, 5) is 37.7. The summed E-state index contributed by atoms with van der Waals surface area (Å²) >= 11 is 0. The second kappa shape index (κ2) is 12.2. The number of nitrogens with zero attached hydrogens (tertiary/aromatic N) is 4. The smallest absolute Gasteiger partial charge is 0.419 e. The average Bonchev–Trinajstić information content (AvgIpc) is 3.69. The Morgan fingerprint density at radius 3 is 2.64 bits per heavy atom. The number of carbonyl (C=O) groups is 2. The van der Waals surface area contributed by atoms with Gasteiger partial charge in [0.05, 0.1) is 24.1 Å². The first-order valence-electron chi connectivity index (χ1n) is 15.7. The normalized spacial score (nSPS) is 25.9. The Labute approximate surface area is 255 Å². The summed E-state index contributed by atoms with van der Waals surface area (Å²) < 4.78 is 47.5. The SMILES string of the molecule is COc1cc(C(=O)NC2CCN(C)CC2)ccc1Nc1ncc(C(F)(F)F)c(CC[C@@H]2C[C@@]23CCCC[C@H]3N2CCC2=O)n1. The van der Waals surface area contributed by atoms with Crippen LogP contribution in [0.2, 0.25) is 0 Å². The molecule has 4 fully saturated rings. The number of rotatable bonds is 9. The molecule has 2 aromatic rings. The third-order valence-electron chi connectivity index (χ3n) is 10.2. The number of hydrogen-bond acceptors (Lipinski definition) is 7. The van der Waals surface area contributed by atoms with Crippen molar-refractivity contribution in [3.8, 4) is 5.75 Å². The summed E-state index contributed by atoms with van der Waals surface area (Å²) in [6.07, 6.45) is 4.54. The number of aromatic nitrogens is 2. The highest BCUT2D eigenvalue weighted by molar-refractivity contribution is 5.95. The molecule has 1 spiro atoms. The van der Waals surface area contributed by atoms with Gasteiger partial charge in [-0.3, -0.25) is 9.59 Å². The maximum absolute atomic E-state index is 14.0. The van der Waals surface area contributed by atoms with E-state index in [0.29, 0.717) is 29.8 Å². The van der Waals surface area contributed by atoms with Crippen LogP contribution in [0.3, 0.4) is 0 Å². The molecule has 12 heteroatoms. The molecule has 2 saturated heterocycles. The number of halogens is 3. The molecule has 3 heterocycles. The second-order valence-corrected chi connectivity index (χ2v) is 12.9. The van der Waals surface area contributed by atoms with Crippen molar-refractivity contribution in [2.75, 3.05) is 39.1 Å². The molecule has 1 aromatic carbocycles. The van der Waals surface area contributed by atoms with Crippen LogP contribution in [0.1, 0.15) is 79.4 Å². The molecule has 6 rings (SSSR count). The molecule has 2 aliphatic carbocycles. The topological polar surface area (TPSA) is 99.7 Å². The van der Waals surface area contributed by atoms with Gasteiger partial charge in [-0.1, -0.05) is 12.8 Å². The lowest BCUT2D eigenvalue weighted by Gasteiger charge is -2.45. The minimum atomic E-state index is -4.58. The molecule has 2 aliphatic heterocycles. The second-order valence-electron chi connectivity index (χ2n) is 12.9. The van der Waals surface area contributed by atoms with Crippen LogP contribution < -0.4 is 15.4 Å². The van der Waals surface area contributed by atoms with E-state index in [0.717, 1.165) is 70.8 Å². The Bertz CT molecular complexity index is 1400. The van der Waals surface area contributed by atoms with Crippen LogP contribution in [0.4, 0.5) is 24.8 Å². The summed E-state index contributed by atoms with van der Waals surface area (Å²) in [5, 5.41) is 6.08. The predicted octanol–water partition coefficient (Wildman–Crippen LogP) is 5.19. The van der Waals surface area contributed by atoms with Crippen molar-refractivity contribution < 1.29 is 27.5 Å². The fourth-order valence-electron chi connectivity index (χ4n) is 7.57. The lowest BCUT2D eigenvalue weighted by Crippen LogP contribution is -2.54. The van der Waals surface area contributed by atoms with Gasteiger partial charge in [-0.15, -0.1) is 0 Å². The molecule has 238 valence electrons. The minimum Gasteiger partial charge on any atom is -0.495 e. The Kier molecular flexibility index (Phi) is 8.47. The number of benzene rings is 1. The van der Waals surface area contributed by atoms with Gasteiger partial charge >= 0.3 is 6.18 Å². The Morgan fingerprint density at radius 2 is 1.95 bits per heavy atom. The number of likely N-dealkylation sites (tertiary alicyclic amines) is 2. The summed E-state index contributed by atoms with van der Waals surface area (Å²) in [6, 6.07) is 5.23. The predicted molar refractivity (Wildman–Crippen MR) is 159 cm³/mol. The van der Waals surface area contributed by atoms with Crippen LogP contribution in [0.15, 0.2) is 24.4 Å². The number of ether oxygens (including phenoxy) is 1. The minimum absolute atomic E-state index is 0.0297. The molecule has 0 unspecified atom stereocenters. The van der Waals surface area contributed by atoms with Crippen molar-refractivity contribution in [1.29, 1.82) is 0 Å². The molecule has 9 nitrogen and oxygen atoms in total. The number of alkyl halides is 3. The first kappa shape index (κ1) is 30.6. The molecule has 0 radical (unpaired) electrons. The van der Waals surface area contributed by atoms with Crippen molar-refractivity contribution in [3.05, 3.63) is 41.2 Å². The van der Waals surface area contributed by atoms with E-state index < -0.39 is 11.7 Å². The first-order valence-corrected chi connectivity index (χ1v) is 15.7. The molecule has 4 aliphatic rings. The number of nitrogens with one attached hydrogen (secondary N) is 2. The highest BCUT2D eigenvalue weighted by Crippen LogP contribution is 2.64. The number of piperidine rings is 1. The lowest BCUT2D eigenvalue weighted by molar-refractivity contribution is -0.146. The number of β-lactam (4-membered cyclic amide) rings is 1. The van der Waals surface area contributed by atoms with E-state index in [4.69, 9.17) is 4.74 Å². The van der Waals surface area contributed by atoms with Crippen LogP contribution in [0, 0.1) is 11.3 Å². The monoisotopic (exact) mass is 614 g/mol. The standard InChI is InChI=1S/C32H41F3N6O3/c1-40-14-10-22(11-15-40)37-29(43)20-6-8-25(26(17-20)44-2)39-30-36-19-23(32(33,34)35)24(38-30)9-7-21-18-31(21)13-4-3-5-27(31)41-16-12-28(41)42/h6,8,17,19,21-22,27H,3-5,7,9-16,18H2,1-2H3,(H,37,43)(H,36,38,39)/t21-,27-,31+/m1/s1. The summed E-state index contributed by atoms with van der Waals surface area (Å²) in [7, 11) is 3.53. The molecule has 3 atom stereocenters. The van der Waals surface area contributed by atoms with Crippen molar-refractivity contribution in [1.82, 2.24) is 25.1 Å². The van der Waals surface area contributed by atoms with Crippen LogP contribution in [-0.4, -0.2) is 77.5 Å². The Hall–Kier alpha value is -3.41. The fourth-order valence-corrected chi connectivity index (χ4v) is 7.57. The van der Waals surface area contributed by atoms with E-state index in [2.05, 4.69) is 32.5 Å². The quantitative estimate of drug-likeness (QED) is 0.376. The van der Waals surface area contributed by atoms with Crippen LogP contribution in [0.5, 0.6) is 5.75 Å². The van der Waals surface area contributed by atoms with E-state index in [1.807, 2.05) is 4.90 Å². The van der Waals surface area contributed by atoms with Crippen LogP contribution in [-0.2, 0) is 17.4 Å². The Balaban J connectivity index is 1.15. The van der Waals surface area contributed by atoms with E-state index in [-0.39, 0.29) is 53.3 Å². The maximum atomic E-state index is 14.0.